The number of fused-ring (bicyclic) bond motifs is 1. The topological polar surface area (TPSA) is 116 Å². The van der Waals surface area contributed by atoms with E-state index < -0.39 is 17.7 Å². The Kier molecular flexibility index (Phi) is 6.81. The molecule has 0 bridgehead atoms. The normalized spacial score (nSPS) is 12.3. The lowest BCUT2D eigenvalue weighted by Gasteiger charge is -2.23. The van der Waals surface area contributed by atoms with Crippen LogP contribution in [0.25, 0.3) is 16.6 Å². The Morgan fingerprint density at radius 2 is 1.77 bits per heavy atom. The van der Waals surface area contributed by atoms with Gasteiger partial charge < -0.3 is 19.9 Å². The Hall–Kier alpha value is -4.21. The van der Waals surface area contributed by atoms with E-state index in [0.717, 1.165) is 22.2 Å². The summed E-state index contributed by atoms with van der Waals surface area (Å²) in [4.78, 5) is 25.8. The number of ether oxygens (including phenoxy) is 1. The Morgan fingerprint density at radius 1 is 1.06 bits per heavy atom. The molecule has 0 saturated carbocycles. The molecule has 2 aromatic carbocycles. The van der Waals surface area contributed by atoms with E-state index in [2.05, 4.69) is 26.2 Å². The van der Waals surface area contributed by atoms with Crippen LogP contribution in [-0.4, -0.2) is 48.4 Å². The quantitative estimate of drug-likeness (QED) is 0.425. The summed E-state index contributed by atoms with van der Waals surface area (Å²) in [6.45, 7) is 5.41. The third-order valence-electron chi connectivity index (χ3n) is 5.37. The van der Waals surface area contributed by atoms with Gasteiger partial charge in [0.1, 0.15) is 11.6 Å². The predicted octanol–water partition coefficient (Wildman–Crippen LogP) is 2.91. The lowest BCUT2D eigenvalue weighted by Crippen LogP contribution is -2.49. The molecule has 0 fully saturated rings. The van der Waals surface area contributed by atoms with Gasteiger partial charge >= 0.3 is 6.09 Å². The molecule has 0 aliphatic carbocycles. The average Bonchev–Trinajstić information content (AvgIpc) is 3.41. The number of carbonyl (C=O) groups excluding carboxylic acids is 2. The summed E-state index contributed by atoms with van der Waals surface area (Å²) in [6.07, 6.45) is 1.60. The maximum atomic E-state index is 13.3. The van der Waals surface area contributed by atoms with Crippen LogP contribution in [0, 0.1) is 0 Å². The number of nitrogens with zero attached hydrogens (tertiary/aromatic N) is 5. The zero-order chi connectivity index (χ0) is 25.0. The number of benzene rings is 2. The molecule has 2 amide bonds. The fraction of sp³-hybridized carbons (Fsp3) is 0.320. The number of rotatable bonds is 7. The van der Waals surface area contributed by atoms with Gasteiger partial charge in [0.15, 0.2) is 5.82 Å². The molecule has 0 saturated heterocycles. The summed E-state index contributed by atoms with van der Waals surface area (Å²) in [5, 5.41) is 18.4. The molecule has 10 heteroatoms. The van der Waals surface area contributed by atoms with Crippen LogP contribution in [0.4, 0.5) is 4.79 Å². The van der Waals surface area contributed by atoms with Crippen molar-refractivity contribution in [2.24, 2.45) is 7.05 Å². The Morgan fingerprint density at radius 3 is 2.51 bits per heavy atom. The van der Waals surface area contributed by atoms with Gasteiger partial charge in [-0.25, -0.2) is 4.79 Å². The summed E-state index contributed by atoms with van der Waals surface area (Å²) in [6, 6.07) is 16.5. The highest BCUT2D eigenvalue weighted by Crippen LogP contribution is 2.22. The van der Waals surface area contributed by atoms with E-state index in [0.29, 0.717) is 5.82 Å². The smallest absolute Gasteiger partial charge is 0.408 e. The van der Waals surface area contributed by atoms with Crippen molar-refractivity contribution in [2.75, 3.05) is 0 Å². The van der Waals surface area contributed by atoms with Crippen LogP contribution in [0.2, 0.25) is 0 Å². The maximum Gasteiger partial charge on any atom is 0.408 e. The largest absolute Gasteiger partial charge is 0.444 e. The molecule has 182 valence electrons. The number of para-hydroxylation sites is 2. The number of hydrogen-bond donors (Lipinski definition) is 2. The van der Waals surface area contributed by atoms with Gasteiger partial charge in [0.2, 0.25) is 5.91 Å². The molecule has 35 heavy (non-hydrogen) atoms. The van der Waals surface area contributed by atoms with Crippen LogP contribution in [0.1, 0.15) is 32.2 Å². The van der Waals surface area contributed by atoms with E-state index in [1.165, 1.54) is 0 Å². The highest BCUT2D eigenvalue weighted by molar-refractivity contribution is 5.88. The lowest BCUT2D eigenvalue weighted by atomic mass is 10.0. The van der Waals surface area contributed by atoms with Crippen LogP contribution in [0.5, 0.6) is 0 Å². The number of hydrogen-bond acceptors (Lipinski definition) is 6. The molecular weight excluding hydrogens is 446 g/mol. The lowest BCUT2D eigenvalue weighted by molar-refractivity contribution is -0.123. The molecule has 0 aliphatic rings. The minimum Gasteiger partial charge on any atom is -0.444 e. The van der Waals surface area contributed by atoms with Crippen LogP contribution >= 0.6 is 0 Å². The molecule has 0 unspecified atom stereocenters. The molecule has 0 spiro atoms. The van der Waals surface area contributed by atoms with Gasteiger partial charge in [-0.05, 0) is 55.0 Å². The number of tetrazole rings is 1. The Balaban J connectivity index is 1.53. The number of alkyl carbamates (subject to hydrolysis) is 1. The zero-order valence-corrected chi connectivity index (χ0v) is 20.2. The molecule has 4 rings (SSSR count). The molecule has 10 nitrogen and oxygen atoms in total. The molecule has 1 atom stereocenters. The number of carbonyl (C=O) groups is 2. The highest BCUT2D eigenvalue weighted by Gasteiger charge is 2.26. The van der Waals surface area contributed by atoms with Crippen LogP contribution in [-0.2, 0) is 29.5 Å². The van der Waals surface area contributed by atoms with E-state index in [-0.39, 0.29) is 18.9 Å². The second kappa shape index (κ2) is 9.96. The Labute approximate surface area is 203 Å². The van der Waals surface area contributed by atoms with Crippen molar-refractivity contribution < 1.29 is 14.3 Å². The molecular formula is C25H29N7O3. The van der Waals surface area contributed by atoms with E-state index in [1.54, 1.807) is 25.5 Å². The fourth-order valence-corrected chi connectivity index (χ4v) is 3.84. The highest BCUT2D eigenvalue weighted by atomic mass is 16.6. The summed E-state index contributed by atoms with van der Waals surface area (Å²) >= 11 is 0. The zero-order valence-electron chi connectivity index (χ0n) is 20.2. The van der Waals surface area contributed by atoms with Crippen molar-refractivity contribution in [1.82, 2.24) is 35.4 Å². The van der Waals surface area contributed by atoms with Gasteiger partial charge in [0.05, 0.1) is 12.2 Å². The first kappa shape index (κ1) is 23.9. The van der Waals surface area contributed by atoms with Gasteiger partial charge in [-0.15, -0.1) is 5.10 Å². The number of aromatic nitrogens is 5. The number of aryl methyl sites for hydroxylation is 1. The molecule has 2 heterocycles. The first-order chi connectivity index (χ1) is 16.7. The van der Waals surface area contributed by atoms with Gasteiger partial charge in [-0.1, -0.05) is 36.4 Å². The van der Waals surface area contributed by atoms with Crippen molar-refractivity contribution in [1.29, 1.82) is 0 Å². The fourth-order valence-electron chi connectivity index (χ4n) is 3.84. The second-order valence-corrected chi connectivity index (χ2v) is 9.25. The molecule has 4 aromatic rings. The van der Waals surface area contributed by atoms with Crippen LogP contribution in [0.3, 0.4) is 0 Å². The first-order valence-corrected chi connectivity index (χ1v) is 11.3. The predicted molar refractivity (Wildman–Crippen MR) is 131 cm³/mol. The van der Waals surface area contributed by atoms with Crippen molar-refractivity contribution in [3.05, 3.63) is 72.2 Å². The average molecular weight is 476 g/mol. The van der Waals surface area contributed by atoms with Crippen LogP contribution < -0.4 is 10.6 Å². The van der Waals surface area contributed by atoms with Crippen molar-refractivity contribution in [3.8, 4) is 5.69 Å². The van der Waals surface area contributed by atoms with Crippen molar-refractivity contribution in [3.63, 3.8) is 0 Å². The third kappa shape index (κ3) is 5.84. The van der Waals surface area contributed by atoms with Gasteiger partial charge in [0.25, 0.3) is 0 Å². The standard InChI is InChI=1S/C25H29N7O3/c1-25(2,3)35-24(34)27-20(14-17-16-31(4)21-13-9-8-12-19(17)21)23(33)26-15-22-28-29-30-32(22)18-10-6-5-7-11-18/h5-13,16,20H,14-15H2,1-4H3,(H,26,33)(H,27,34)/t20-/m0/s1. The van der Waals surface area contributed by atoms with E-state index in [4.69, 9.17) is 4.74 Å². The van der Waals surface area contributed by atoms with Crippen molar-refractivity contribution in [2.45, 2.75) is 45.4 Å². The summed E-state index contributed by atoms with van der Waals surface area (Å²) in [5.41, 5.74) is 2.07. The maximum absolute atomic E-state index is 13.3. The van der Waals surface area contributed by atoms with Crippen molar-refractivity contribution >= 4 is 22.9 Å². The number of nitrogens with one attached hydrogen (secondary N) is 2. The Bertz CT molecular complexity index is 1320. The SMILES string of the molecule is Cn1cc(C[C@H](NC(=O)OC(C)(C)C)C(=O)NCc2nnnn2-c2ccccc2)c2ccccc21. The van der Waals surface area contributed by atoms with E-state index in [1.807, 2.05) is 72.4 Å². The molecule has 2 N–H and O–H groups in total. The van der Waals surface area contributed by atoms with Gasteiger partial charge in [0, 0.05) is 30.6 Å². The molecule has 2 aromatic heterocycles. The van der Waals surface area contributed by atoms with Gasteiger partial charge in [-0.3, -0.25) is 4.79 Å². The van der Waals surface area contributed by atoms with E-state index >= 15 is 0 Å². The van der Waals surface area contributed by atoms with Gasteiger partial charge in [-0.2, -0.15) is 4.68 Å². The molecule has 0 aliphatic heterocycles. The van der Waals surface area contributed by atoms with Crippen LogP contribution in [0.15, 0.2) is 60.8 Å². The first-order valence-electron chi connectivity index (χ1n) is 11.3. The summed E-state index contributed by atoms with van der Waals surface area (Å²) in [5.74, 6) is 0.0946. The minimum atomic E-state index is -0.864. The minimum absolute atomic E-state index is 0.0861. The summed E-state index contributed by atoms with van der Waals surface area (Å²) in [7, 11) is 1.95. The molecule has 0 radical (unpaired) electrons. The second-order valence-electron chi connectivity index (χ2n) is 9.25. The third-order valence-corrected chi connectivity index (χ3v) is 5.37. The monoisotopic (exact) mass is 475 g/mol. The summed E-state index contributed by atoms with van der Waals surface area (Å²) < 4.78 is 8.96. The van der Waals surface area contributed by atoms with E-state index in [9.17, 15) is 9.59 Å². The number of amides is 2.